The third-order valence-electron chi connectivity index (χ3n) is 7.23. The fourth-order valence-corrected chi connectivity index (χ4v) is 5.75. The summed E-state index contributed by atoms with van der Waals surface area (Å²) in [6.45, 7) is 3.03. The number of nitrogens with zero attached hydrogens (tertiary/aromatic N) is 1. The van der Waals surface area contributed by atoms with E-state index in [1.54, 1.807) is 7.11 Å². The topological polar surface area (TPSA) is 61.4 Å². The van der Waals surface area contributed by atoms with Crippen molar-refractivity contribution < 1.29 is 23.7 Å². The first kappa shape index (κ1) is 26.6. The first-order valence-electron chi connectivity index (χ1n) is 12.6. The number of anilines is 1. The van der Waals surface area contributed by atoms with Crippen molar-refractivity contribution in [1.29, 1.82) is 0 Å². The lowest BCUT2D eigenvalue weighted by molar-refractivity contribution is -0.0288. The molecule has 3 aliphatic rings. The van der Waals surface area contributed by atoms with Crippen LogP contribution in [0, 0.1) is 5.92 Å². The monoisotopic (exact) mass is 534 g/mol. The lowest BCUT2D eigenvalue weighted by Crippen LogP contribution is -2.54. The van der Waals surface area contributed by atoms with Crippen molar-refractivity contribution in [3.63, 3.8) is 0 Å². The Balaban J connectivity index is 0.00000304. The second-order valence-electron chi connectivity index (χ2n) is 9.35. The Hall–Kier alpha value is -2.42. The van der Waals surface area contributed by atoms with Crippen LogP contribution in [0.1, 0.15) is 38.5 Å². The fraction of sp³-hybridized carbons (Fsp3) is 0.519. The Labute approximate surface area is 224 Å². The van der Waals surface area contributed by atoms with E-state index in [1.807, 2.05) is 42.5 Å². The Morgan fingerprint density at radius 3 is 2.64 bits per heavy atom. The van der Waals surface area contributed by atoms with Crippen molar-refractivity contribution in [2.45, 2.75) is 50.7 Å². The molecule has 7 nitrogen and oxygen atoms in total. The van der Waals surface area contributed by atoms with Crippen molar-refractivity contribution in [3.05, 3.63) is 42.5 Å². The molecule has 5 rings (SSSR count). The summed E-state index contributed by atoms with van der Waals surface area (Å²) in [5.74, 6) is 3.71. The van der Waals surface area contributed by atoms with Crippen LogP contribution in [0.15, 0.2) is 42.5 Å². The van der Waals surface area contributed by atoms with Gasteiger partial charge in [-0.15, -0.1) is 12.4 Å². The van der Waals surface area contributed by atoms with Crippen LogP contribution in [0.25, 0.3) is 0 Å². The van der Waals surface area contributed by atoms with Crippen LogP contribution in [0.5, 0.6) is 23.0 Å². The molecule has 0 aromatic heterocycles. The third kappa shape index (κ3) is 6.47. The summed E-state index contributed by atoms with van der Waals surface area (Å²) >= 11 is 5.55. The van der Waals surface area contributed by atoms with Crippen LogP contribution in [0.2, 0.25) is 0 Å². The van der Waals surface area contributed by atoms with Gasteiger partial charge in [-0.3, -0.25) is 4.90 Å². The van der Waals surface area contributed by atoms with Crippen LogP contribution >= 0.6 is 24.6 Å². The van der Waals surface area contributed by atoms with E-state index in [-0.39, 0.29) is 25.3 Å². The molecule has 2 fully saturated rings. The summed E-state index contributed by atoms with van der Waals surface area (Å²) in [5.41, 5.74) is 0.913. The minimum atomic E-state index is 0. The molecule has 0 radical (unpaired) electrons. The number of likely N-dealkylation sites (tertiary alicyclic amines) is 1. The molecule has 3 atom stereocenters. The number of rotatable bonds is 8. The van der Waals surface area contributed by atoms with Crippen molar-refractivity contribution in [1.82, 2.24) is 4.90 Å². The quantitative estimate of drug-likeness (QED) is 0.344. The van der Waals surface area contributed by atoms with Crippen LogP contribution in [-0.4, -0.2) is 55.8 Å². The van der Waals surface area contributed by atoms with Gasteiger partial charge in [0.05, 0.1) is 13.7 Å². The zero-order valence-corrected chi connectivity index (χ0v) is 22.3. The number of ether oxygens (including phenoxy) is 5. The maximum Gasteiger partial charge on any atom is 0.261 e. The van der Waals surface area contributed by atoms with E-state index in [0.717, 1.165) is 54.6 Å². The molecule has 0 amide bonds. The van der Waals surface area contributed by atoms with Crippen LogP contribution in [0.4, 0.5) is 5.69 Å². The molecule has 36 heavy (non-hydrogen) atoms. The maximum atomic E-state index is 6.31. The van der Waals surface area contributed by atoms with Gasteiger partial charge in [-0.2, -0.15) is 0 Å². The molecule has 2 heterocycles. The van der Waals surface area contributed by atoms with Gasteiger partial charge in [-0.25, -0.2) is 0 Å². The van der Waals surface area contributed by atoms with Gasteiger partial charge < -0.3 is 29.0 Å². The average molecular weight is 535 g/mol. The summed E-state index contributed by atoms with van der Waals surface area (Å²) in [4.78, 5) is 2.65. The number of hydrogen-bond donors (Lipinski definition) is 1. The van der Waals surface area contributed by atoms with E-state index in [1.165, 1.54) is 25.7 Å². The number of thiocarbonyl (C=S) groups is 1. The third-order valence-corrected chi connectivity index (χ3v) is 7.42. The predicted octanol–water partition coefficient (Wildman–Crippen LogP) is 5.66. The van der Waals surface area contributed by atoms with Gasteiger partial charge in [0.15, 0.2) is 11.5 Å². The molecule has 2 aromatic carbocycles. The Morgan fingerprint density at radius 1 is 1.03 bits per heavy atom. The fourth-order valence-electron chi connectivity index (χ4n) is 5.51. The van der Waals surface area contributed by atoms with Crippen LogP contribution < -0.4 is 24.3 Å². The van der Waals surface area contributed by atoms with E-state index < -0.39 is 0 Å². The van der Waals surface area contributed by atoms with Crippen LogP contribution in [-0.2, 0) is 4.74 Å². The van der Waals surface area contributed by atoms with Crippen molar-refractivity contribution in [2.24, 2.45) is 5.92 Å². The second kappa shape index (κ2) is 12.7. The molecule has 1 N–H and O–H groups in total. The number of hydrogen-bond acceptors (Lipinski definition) is 7. The largest absolute Gasteiger partial charge is 0.497 e. The molecule has 0 spiro atoms. The van der Waals surface area contributed by atoms with Gasteiger partial charge in [0.2, 0.25) is 6.79 Å². The minimum Gasteiger partial charge on any atom is -0.497 e. The number of piperidine rings is 1. The van der Waals surface area contributed by atoms with Crippen molar-refractivity contribution in [2.75, 3.05) is 38.9 Å². The molecular formula is C27H35ClN2O5S. The summed E-state index contributed by atoms with van der Waals surface area (Å²) in [5, 5.41) is 3.68. The van der Waals surface area contributed by atoms with Gasteiger partial charge in [0.25, 0.3) is 5.17 Å². The first-order valence-corrected chi connectivity index (χ1v) is 13.0. The molecule has 1 saturated heterocycles. The van der Waals surface area contributed by atoms with Gasteiger partial charge in [-0.05, 0) is 74.3 Å². The molecule has 2 aromatic rings. The molecule has 196 valence electrons. The standard InChI is InChI=1S/C27H34N2O5S.ClH/c1-30-20-9-7-19(8-10-20)28-27(35)34-24-13-15-29(23-6-3-2-5-22(23)24)14-4-16-31-21-11-12-25-26(17-21)33-18-32-25;/h7-12,17,22-24H,2-6,13-16,18H2,1H3,(H,28,35);1H/t22-,23?,24+;/m1./s1. The van der Waals surface area contributed by atoms with Crippen molar-refractivity contribution in [3.8, 4) is 23.0 Å². The molecule has 1 saturated carbocycles. The SMILES string of the molecule is COc1ccc(NC(=S)O[C@H]2CCN(CCCOc3ccc4c(c3)OCO4)C3CCCC[C@H]32)cc1.Cl. The highest BCUT2D eigenvalue weighted by atomic mass is 35.5. The molecule has 1 aliphatic carbocycles. The molecular weight excluding hydrogens is 500 g/mol. The second-order valence-corrected chi connectivity index (χ2v) is 9.73. The lowest BCUT2D eigenvalue weighted by Gasteiger charge is -2.47. The highest BCUT2D eigenvalue weighted by molar-refractivity contribution is 7.80. The zero-order valence-electron chi connectivity index (χ0n) is 20.6. The van der Waals surface area contributed by atoms with Gasteiger partial charge in [-0.1, -0.05) is 12.8 Å². The number of benzene rings is 2. The normalized spacial score (nSPS) is 22.6. The highest BCUT2D eigenvalue weighted by Gasteiger charge is 2.40. The zero-order chi connectivity index (χ0) is 24.0. The predicted molar refractivity (Wildman–Crippen MR) is 146 cm³/mol. The molecule has 9 heteroatoms. The van der Waals surface area contributed by atoms with E-state index in [9.17, 15) is 0 Å². The van der Waals surface area contributed by atoms with E-state index in [4.69, 9.17) is 35.9 Å². The molecule has 2 aliphatic heterocycles. The van der Waals surface area contributed by atoms with Gasteiger partial charge in [0.1, 0.15) is 17.6 Å². The summed E-state index contributed by atoms with van der Waals surface area (Å²) < 4.78 is 28.3. The molecule has 0 bridgehead atoms. The first-order chi connectivity index (χ1) is 17.2. The van der Waals surface area contributed by atoms with Crippen molar-refractivity contribution >= 4 is 35.5 Å². The Bertz CT molecular complexity index is 1010. The highest BCUT2D eigenvalue weighted by Crippen LogP contribution is 2.38. The summed E-state index contributed by atoms with van der Waals surface area (Å²) in [6, 6.07) is 14.0. The Kier molecular flexibility index (Phi) is 9.40. The Morgan fingerprint density at radius 2 is 1.81 bits per heavy atom. The van der Waals surface area contributed by atoms with E-state index in [0.29, 0.717) is 23.7 Å². The molecule has 1 unspecified atom stereocenters. The van der Waals surface area contributed by atoms with Gasteiger partial charge >= 0.3 is 0 Å². The number of halogens is 1. The summed E-state index contributed by atoms with van der Waals surface area (Å²) in [6.07, 6.45) is 7.12. The maximum absolute atomic E-state index is 6.31. The number of methoxy groups -OCH3 is 1. The van der Waals surface area contributed by atoms with Gasteiger partial charge in [0, 0.05) is 36.8 Å². The van der Waals surface area contributed by atoms with Crippen LogP contribution in [0.3, 0.4) is 0 Å². The van der Waals surface area contributed by atoms with E-state index in [2.05, 4.69) is 10.2 Å². The smallest absolute Gasteiger partial charge is 0.261 e. The average Bonchev–Trinajstić information content (AvgIpc) is 3.36. The lowest BCUT2D eigenvalue weighted by atomic mass is 9.76. The number of nitrogens with one attached hydrogen (secondary N) is 1. The summed E-state index contributed by atoms with van der Waals surface area (Å²) in [7, 11) is 1.66. The minimum absolute atomic E-state index is 0. The number of fused-ring (bicyclic) bond motifs is 2. The van der Waals surface area contributed by atoms with E-state index >= 15 is 0 Å².